The molecular weight excluding hydrogens is 374 g/mol. The maximum absolute atomic E-state index is 12.6. The number of fused-ring (bicyclic) bond motifs is 1. The molecule has 4 nitrogen and oxygen atoms in total. The Morgan fingerprint density at radius 3 is 2.57 bits per heavy atom. The fraction of sp³-hybridized carbons (Fsp3) is 0.0435. The van der Waals surface area contributed by atoms with Gasteiger partial charge in [-0.15, -0.1) is 0 Å². The minimum absolute atomic E-state index is 0.168. The monoisotopic (exact) mass is 389 g/mol. The molecule has 138 valence electrons. The number of carbonyl (C=O) groups excluding carboxylic acids is 1. The van der Waals surface area contributed by atoms with Crippen LogP contribution in [-0.4, -0.2) is 5.91 Å². The average molecular weight is 390 g/mol. The molecule has 4 aromatic rings. The summed E-state index contributed by atoms with van der Waals surface area (Å²) in [5.41, 5.74) is 3.14. The standard InChI is InChI=1S/C23H16ClNO3/c1-14-5-2-3-8-18(14)22-13-20(26)19-12-17(9-10-21(19)28-22)25-23(27)15-6-4-7-16(24)11-15/h2-13H,1H3,(H,25,27). The van der Waals surface area contributed by atoms with E-state index in [1.54, 1.807) is 42.5 Å². The molecule has 0 bridgehead atoms. The predicted octanol–water partition coefficient (Wildman–Crippen LogP) is 5.67. The Bertz CT molecular complexity index is 1260. The highest BCUT2D eigenvalue weighted by atomic mass is 35.5. The van der Waals surface area contributed by atoms with Crippen molar-refractivity contribution in [2.75, 3.05) is 5.32 Å². The van der Waals surface area contributed by atoms with Gasteiger partial charge >= 0.3 is 0 Å². The third-order valence-corrected chi connectivity index (χ3v) is 4.72. The molecule has 0 saturated heterocycles. The summed E-state index contributed by atoms with van der Waals surface area (Å²) in [6, 6.07) is 20.9. The topological polar surface area (TPSA) is 59.3 Å². The van der Waals surface area contributed by atoms with Crippen LogP contribution < -0.4 is 10.7 Å². The third kappa shape index (κ3) is 3.55. The van der Waals surface area contributed by atoms with Crippen LogP contribution in [-0.2, 0) is 0 Å². The number of rotatable bonds is 3. The highest BCUT2D eigenvalue weighted by molar-refractivity contribution is 6.31. The molecule has 0 aliphatic carbocycles. The maximum atomic E-state index is 12.6. The van der Waals surface area contributed by atoms with Gasteiger partial charge in [0.25, 0.3) is 5.91 Å². The average Bonchev–Trinajstić information content (AvgIpc) is 2.68. The summed E-state index contributed by atoms with van der Waals surface area (Å²) >= 11 is 5.93. The molecule has 0 saturated carbocycles. The van der Waals surface area contributed by atoms with Gasteiger partial charge in [0, 0.05) is 27.9 Å². The van der Waals surface area contributed by atoms with Crippen molar-refractivity contribution < 1.29 is 9.21 Å². The summed E-state index contributed by atoms with van der Waals surface area (Å²) in [6.07, 6.45) is 0. The quantitative estimate of drug-likeness (QED) is 0.490. The molecule has 4 rings (SSSR count). The molecule has 0 atom stereocenters. The van der Waals surface area contributed by atoms with Gasteiger partial charge in [0.05, 0.1) is 5.39 Å². The maximum Gasteiger partial charge on any atom is 0.255 e. The Hall–Kier alpha value is -3.37. The van der Waals surface area contributed by atoms with Gasteiger partial charge in [-0.2, -0.15) is 0 Å². The number of hydrogen-bond donors (Lipinski definition) is 1. The van der Waals surface area contributed by atoms with Crippen molar-refractivity contribution in [2.45, 2.75) is 6.92 Å². The minimum Gasteiger partial charge on any atom is -0.456 e. The van der Waals surface area contributed by atoms with Crippen LogP contribution in [0.1, 0.15) is 15.9 Å². The first-order chi connectivity index (χ1) is 13.5. The van der Waals surface area contributed by atoms with Crippen molar-refractivity contribution in [1.82, 2.24) is 0 Å². The molecule has 1 heterocycles. The lowest BCUT2D eigenvalue weighted by atomic mass is 10.1. The van der Waals surface area contributed by atoms with Crippen molar-refractivity contribution >= 4 is 34.2 Å². The van der Waals surface area contributed by atoms with Crippen molar-refractivity contribution in [1.29, 1.82) is 0 Å². The number of halogens is 1. The van der Waals surface area contributed by atoms with Crippen LogP contribution in [0.25, 0.3) is 22.3 Å². The van der Waals surface area contributed by atoms with Crippen molar-refractivity contribution in [2.24, 2.45) is 0 Å². The Morgan fingerprint density at radius 2 is 1.79 bits per heavy atom. The van der Waals surface area contributed by atoms with E-state index in [0.29, 0.717) is 33.0 Å². The lowest BCUT2D eigenvalue weighted by molar-refractivity contribution is 0.102. The summed E-state index contributed by atoms with van der Waals surface area (Å²) in [7, 11) is 0. The van der Waals surface area contributed by atoms with E-state index in [9.17, 15) is 9.59 Å². The van der Waals surface area contributed by atoms with Gasteiger partial charge < -0.3 is 9.73 Å². The van der Waals surface area contributed by atoms with Crippen molar-refractivity contribution in [3.63, 3.8) is 0 Å². The number of aryl methyl sites for hydroxylation is 1. The second-order valence-electron chi connectivity index (χ2n) is 6.47. The van der Waals surface area contributed by atoms with E-state index in [2.05, 4.69) is 5.32 Å². The fourth-order valence-corrected chi connectivity index (χ4v) is 3.24. The normalized spacial score (nSPS) is 10.8. The Kier molecular flexibility index (Phi) is 4.72. The van der Waals surface area contributed by atoms with Gasteiger partial charge in [-0.25, -0.2) is 0 Å². The van der Waals surface area contributed by atoms with E-state index < -0.39 is 0 Å². The molecule has 0 spiro atoms. The Labute approximate surface area is 166 Å². The van der Waals surface area contributed by atoms with Crippen LogP contribution >= 0.6 is 11.6 Å². The molecule has 5 heteroatoms. The Balaban J connectivity index is 1.69. The van der Waals surface area contributed by atoms with E-state index in [1.807, 2.05) is 31.2 Å². The first-order valence-electron chi connectivity index (χ1n) is 8.72. The molecule has 0 aliphatic heterocycles. The van der Waals surface area contributed by atoms with Gasteiger partial charge in [-0.05, 0) is 48.9 Å². The van der Waals surface area contributed by atoms with Crippen molar-refractivity contribution in [3.05, 3.63) is 99.2 Å². The van der Waals surface area contributed by atoms with Crippen LogP contribution in [0, 0.1) is 6.92 Å². The number of hydrogen-bond acceptors (Lipinski definition) is 3. The molecule has 0 radical (unpaired) electrons. The largest absolute Gasteiger partial charge is 0.456 e. The van der Waals surface area contributed by atoms with Crippen LogP contribution in [0.15, 0.2) is 82.0 Å². The van der Waals surface area contributed by atoms with Gasteiger partial charge in [0.2, 0.25) is 0 Å². The number of anilines is 1. The number of amides is 1. The summed E-state index contributed by atoms with van der Waals surface area (Å²) in [6.45, 7) is 1.97. The predicted molar refractivity (Wildman–Crippen MR) is 112 cm³/mol. The van der Waals surface area contributed by atoms with E-state index in [1.165, 1.54) is 6.07 Å². The van der Waals surface area contributed by atoms with E-state index in [-0.39, 0.29) is 11.3 Å². The summed E-state index contributed by atoms with van der Waals surface area (Å²) in [4.78, 5) is 25.0. The van der Waals surface area contributed by atoms with Crippen LogP contribution in [0.5, 0.6) is 0 Å². The second kappa shape index (κ2) is 7.33. The molecule has 3 aromatic carbocycles. The van der Waals surface area contributed by atoms with Crippen LogP contribution in [0.3, 0.4) is 0 Å². The number of nitrogens with one attached hydrogen (secondary N) is 1. The molecule has 0 aliphatic rings. The van der Waals surface area contributed by atoms with E-state index >= 15 is 0 Å². The lowest BCUT2D eigenvalue weighted by Crippen LogP contribution is -2.12. The van der Waals surface area contributed by atoms with Gasteiger partial charge in [0.1, 0.15) is 11.3 Å². The zero-order chi connectivity index (χ0) is 19.7. The SMILES string of the molecule is Cc1ccccc1-c1cc(=O)c2cc(NC(=O)c3cccc(Cl)c3)ccc2o1. The lowest BCUT2D eigenvalue weighted by Gasteiger charge is -2.08. The Morgan fingerprint density at radius 1 is 0.964 bits per heavy atom. The third-order valence-electron chi connectivity index (χ3n) is 4.48. The van der Waals surface area contributed by atoms with Crippen molar-refractivity contribution in [3.8, 4) is 11.3 Å². The van der Waals surface area contributed by atoms with E-state index in [4.69, 9.17) is 16.0 Å². The molecule has 1 amide bonds. The molecule has 0 fully saturated rings. The molecular formula is C23H16ClNO3. The smallest absolute Gasteiger partial charge is 0.255 e. The highest BCUT2D eigenvalue weighted by Crippen LogP contribution is 2.26. The number of benzene rings is 3. The van der Waals surface area contributed by atoms with Crippen LogP contribution in [0.2, 0.25) is 5.02 Å². The van der Waals surface area contributed by atoms with Gasteiger partial charge in [0.15, 0.2) is 5.43 Å². The molecule has 1 aromatic heterocycles. The minimum atomic E-state index is -0.303. The van der Waals surface area contributed by atoms with Gasteiger partial charge in [-0.3, -0.25) is 9.59 Å². The molecule has 0 unspecified atom stereocenters. The van der Waals surface area contributed by atoms with E-state index in [0.717, 1.165) is 11.1 Å². The van der Waals surface area contributed by atoms with Crippen LogP contribution in [0.4, 0.5) is 5.69 Å². The first kappa shape index (κ1) is 18.0. The zero-order valence-corrected chi connectivity index (χ0v) is 15.8. The molecule has 1 N–H and O–H groups in total. The second-order valence-corrected chi connectivity index (χ2v) is 6.90. The summed E-state index contributed by atoms with van der Waals surface area (Å²) < 4.78 is 5.94. The number of carbonyl (C=O) groups is 1. The molecule has 28 heavy (non-hydrogen) atoms. The summed E-state index contributed by atoms with van der Waals surface area (Å²) in [5.74, 6) is 0.217. The zero-order valence-electron chi connectivity index (χ0n) is 15.0. The highest BCUT2D eigenvalue weighted by Gasteiger charge is 2.11. The fourth-order valence-electron chi connectivity index (χ4n) is 3.05. The summed E-state index contributed by atoms with van der Waals surface area (Å²) in [5, 5.41) is 3.67. The van der Waals surface area contributed by atoms with Gasteiger partial charge in [-0.1, -0.05) is 41.9 Å². The first-order valence-corrected chi connectivity index (χ1v) is 9.10.